The predicted molar refractivity (Wildman–Crippen MR) is 136 cm³/mol. The number of hydrogen-bond donors (Lipinski definition) is 1. The molecule has 1 atom stereocenters. The molecule has 202 valence electrons. The van der Waals surface area contributed by atoms with Gasteiger partial charge in [0.25, 0.3) is 5.91 Å². The maximum Gasteiger partial charge on any atom is 0.416 e. The summed E-state index contributed by atoms with van der Waals surface area (Å²) in [6.45, 7) is 2.41. The number of oxazole rings is 1. The van der Waals surface area contributed by atoms with Gasteiger partial charge in [-0.15, -0.1) is 0 Å². The lowest BCUT2D eigenvalue weighted by molar-refractivity contribution is -0.138. The molecule has 0 fully saturated rings. The molecule has 7 nitrogen and oxygen atoms in total. The lowest BCUT2D eigenvalue weighted by atomic mass is 10.0. The monoisotopic (exact) mass is 537 g/mol. The smallest absolute Gasteiger partial charge is 0.416 e. The molecular formula is C29H26F3N3O4. The van der Waals surface area contributed by atoms with Crippen molar-refractivity contribution < 1.29 is 31.9 Å². The van der Waals surface area contributed by atoms with E-state index in [1.54, 1.807) is 18.2 Å². The van der Waals surface area contributed by atoms with Crippen molar-refractivity contribution in [2.45, 2.75) is 38.8 Å². The summed E-state index contributed by atoms with van der Waals surface area (Å²) >= 11 is 0. The van der Waals surface area contributed by atoms with Gasteiger partial charge in [-0.1, -0.05) is 54.6 Å². The second-order valence-corrected chi connectivity index (χ2v) is 9.14. The van der Waals surface area contributed by atoms with E-state index in [4.69, 9.17) is 13.9 Å². The lowest BCUT2D eigenvalue weighted by Crippen LogP contribution is -2.28. The minimum Gasteiger partial charge on any atom is -0.454 e. The van der Waals surface area contributed by atoms with Crippen molar-refractivity contribution in [2.24, 2.45) is 0 Å². The lowest BCUT2D eigenvalue weighted by Gasteiger charge is -2.29. The van der Waals surface area contributed by atoms with Gasteiger partial charge in [-0.05, 0) is 41.8 Å². The molecular weight excluding hydrogens is 511 g/mol. The average Bonchev–Trinajstić information content (AvgIpc) is 3.60. The number of alkyl halides is 3. The third-order valence-corrected chi connectivity index (χ3v) is 6.54. The number of ether oxygens (including phenoxy) is 2. The van der Waals surface area contributed by atoms with Crippen LogP contribution in [0, 0.1) is 0 Å². The molecule has 39 heavy (non-hydrogen) atoms. The zero-order chi connectivity index (χ0) is 27.4. The molecule has 1 amide bonds. The van der Waals surface area contributed by atoms with Gasteiger partial charge in [0, 0.05) is 19.1 Å². The highest BCUT2D eigenvalue weighted by atomic mass is 19.4. The van der Waals surface area contributed by atoms with Gasteiger partial charge >= 0.3 is 6.18 Å². The summed E-state index contributed by atoms with van der Waals surface area (Å²) in [4.78, 5) is 18.9. The number of nitrogens with zero attached hydrogens (tertiary/aromatic N) is 2. The van der Waals surface area contributed by atoms with Crippen LogP contribution in [0.3, 0.4) is 0 Å². The summed E-state index contributed by atoms with van der Waals surface area (Å²) in [5.41, 5.74) is 1.28. The predicted octanol–water partition coefficient (Wildman–Crippen LogP) is 6.12. The van der Waals surface area contributed by atoms with E-state index >= 15 is 0 Å². The van der Waals surface area contributed by atoms with Crippen molar-refractivity contribution in [1.29, 1.82) is 0 Å². The second-order valence-electron chi connectivity index (χ2n) is 9.14. The number of nitrogens with one attached hydrogen (secondary N) is 1. The van der Waals surface area contributed by atoms with Crippen molar-refractivity contribution in [3.05, 3.63) is 113 Å². The summed E-state index contributed by atoms with van der Waals surface area (Å²) in [5.74, 6) is 1.05. The van der Waals surface area contributed by atoms with E-state index in [-0.39, 0.29) is 49.6 Å². The second kappa shape index (κ2) is 11.2. The van der Waals surface area contributed by atoms with E-state index < -0.39 is 17.6 Å². The van der Waals surface area contributed by atoms with Gasteiger partial charge < -0.3 is 19.2 Å². The number of carbonyl (C=O) groups is 1. The summed E-state index contributed by atoms with van der Waals surface area (Å²) < 4.78 is 57.3. The third-order valence-electron chi connectivity index (χ3n) is 6.54. The number of amides is 1. The van der Waals surface area contributed by atoms with E-state index in [2.05, 4.69) is 10.3 Å². The first-order chi connectivity index (χ1) is 18.8. The molecule has 2 heterocycles. The first-order valence-electron chi connectivity index (χ1n) is 12.3. The van der Waals surface area contributed by atoms with Crippen LogP contribution in [0.2, 0.25) is 0 Å². The highest BCUT2D eigenvalue weighted by Crippen LogP contribution is 2.34. The molecule has 1 N–H and O–H groups in total. The summed E-state index contributed by atoms with van der Waals surface area (Å²) in [6.07, 6.45) is -3.23. The van der Waals surface area contributed by atoms with Gasteiger partial charge in [0.1, 0.15) is 6.26 Å². The van der Waals surface area contributed by atoms with Gasteiger partial charge in [-0.25, -0.2) is 4.98 Å². The average molecular weight is 538 g/mol. The number of carbonyl (C=O) groups excluding carboxylic acids is 1. The Morgan fingerprint density at radius 3 is 2.54 bits per heavy atom. The Bertz CT molecular complexity index is 1440. The highest BCUT2D eigenvalue weighted by Gasteiger charge is 2.34. The van der Waals surface area contributed by atoms with Crippen LogP contribution in [0.5, 0.6) is 11.5 Å². The summed E-state index contributed by atoms with van der Waals surface area (Å²) in [5, 5.41) is 2.79. The number of rotatable bonds is 9. The van der Waals surface area contributed by atoms with Crippen LogP contribution in [0.4, 0.5) is 13.2 Å². The van der Waals surface area contributed by atoms with E-state index in [9.17, 15) is 18.0 Å². The van der Waals surface area contributed by atoms with Gasteiger partial charge in [-0.2, -0.15) is 13.2 Å². The largest absolute Gasteiger partial charge is 0.454 e. The Morgan fingerprint density at radius 1 is 1.00 bits per heavy atom. The Balaban J connectivity index is 1.31. The zero-order valence-electron chi connectivity index (χ0n) is 21.1. The molecule has 1 aliphatic rings. The third kappa shape index (κ3) is 6.23. The topological polar surface area (TPSA) is 76.8 Å². The molecule has 0 bridgehead atoms. The van der Waals surface area contributed by atoms with Gasteiger partial charge in [0.15, 0.2) is 17.2 Å². The van der Waals surface area contributed by atoms with E-state index in [1.165, 1.54) is 18.4 Å². The van der Waals surface area contributed by atoms with Crippen LogP contribution in [-0.2, 0) is 25.8 Å². The molecule has 0 aliphatic carbocycles. The molecule has 0 unspecified atom stereocenters. The number of hydrogen-bond acceptors (Lipinski definition) is 6. The van der Waals surface area contributed by atoms with Gasteiger partial charge in [0.05, 0.1) is 12.1 Å². The number of fused-ring (bicyclic) bond motifs is 1. The first kappa shape index (κ1) is 26.3. The Hall–Kier alpha value is -4.31. The van der Waals surface area contributed by atoms with Crippen LogP contribution in [0.15, 0.2) is 83.5 Å². The van der Waals surface area contributed by atoms with E-state index in [0.29, 0.717) is 11.5 Å². The number of benzene rings is 3. The molecule has 1 aliphatic heterocycles. The van der Waals surface area contributed by atoms with E-state index in [1.807, 2.05) is 48.2 Å². The summed E-state index contributed by atoms with van der Waals surface area (Å²) in [6, 6.07) is 20.1. The van der Waals surface area contributed by atoms with Crippen LogP contribution in [0.1, 0.15) is 51.6 Å². The van der Waals surface area contributed by atoms with Crippen LogP contribution in [0.25, 0.3) is 0 Å². The summed E-state index contributed by atoms with van der Waals surface area (Å²) in [7, 11) is 0. The maximum atomic E-state index is 13.7. The van der Waals surface area contributed by atoms with Crippen molar-refractivity contribution in [3.63, 3.8) is 0 Å². The molecule has 10 heteroatoms. The standard InChI is InChI=1S/C29H26F3N3O4/c1-19(21-7-3-2-4-8-21)35(15-22-9-5-6-10-23(22)29(30,31)32)16-27-34-24(17-37-27)28(36)33-14-20-11-12-25-26(13-20)39-18-38-25/h2-13,17,19H,14-16,18H2,1H3,(H,33,36)/t19-/m0/s1. The molecule has 0 saturated heterocycles. The number of halogens is 3. The first-order valence-corrected chi connectivity index (χ1v) is 12.3. The normalized spacial score (nSPS) is 13.5. The molecule has 3 aromatic carbocycles. The van der Waals surface area contributed by atoms with Crippen molar-refractivity contribution >= 4 is 5.91 Å². The molecule has 5 rings (SSSR count). The Labute approximate surface area is 223 Å². The molecule has 0 radical (unpaired) electrons. The van der Waals surface area contributed by atoms with Crippen molar-refractivity contribution in [1.82, 2.24) is 15.2 Å². The van der Waals surface area contributed by atoms with Crippen LogP contribution >= 0.6 is 0 Å². The fraction of sp³-hybridized carbons (Fsp3) is 0.241. The maximum absolute atomic E-state index is 13.7. The quantitative estimate of drug-likeness (QED) is 0.277. The van der Waals surface area contributed by atoms with E-state index in [0.717, 1.165) is 17.2 Å². The molecule has 0 saturated carbocycles. The fourth-order valence-electron chi connectivity index (χ4n) is 4.41. The minimum atomic E-state index is -4.48. The number of aromatic nitrogens is 1. The van der Waals surface area contributed by atoms with Crippen LogP contribution in [-0.4, -0.2) is 22.6 Å². The molecule has 0 spiro atoms. The fourth-order valence-corrected chi connectivity index (χ4v) is 4.41. The molecule has 4 aromatic rings. The SMILES string of the molecule is C[C@@H](c1ccccc1)N(Cc1nc(C(=O)NCc2ccc3c(c2)OCO3)co1)Cc1ccccc1C(F)(F)F. The molecule has 1 aromatic heterocycles. The Morgan fingerprint density at radius 2 is 1.74 bits per heavy atom. The van der Waals surface area contributed by atoms with Crippen molar-refractivity contribution in [3.8, 4) is 11.5 Å². The minimum absolute atomic E-state index is 0.000230. The van der Waals surface area contributed by atoms with Crippen molar-refractivity contribution in [2.75, 3.05) is 6.79 Å². The van der Waals surface area contributed by atoms with Crippen LogP contribution < -0.4 is 14.8 Å². The highest BCUT2D eigenvalue weighted by molar-refractivity contribution is 5.91. The zero-order valence-corrected chi connectivity index (χ0v) is 21.1. The van der Waals surface area contributed by atoms with Gasteiger partial charge in [-0.3, -0.25) is 9.69 Å². The Kier molecular flexibility index (Phi) is 7.56. The van der Waals surface area contributed by atoms with Gasteiger partial charge in [0.2, 0.25) is 12.7 Å².